The minimum Gasteiger partial charge on any atom is -0.397 e. The van der Waals surface area contributed by atoms with Crippen molar-refractivity contribution in [2.24, 2.45) is 0 Å². The van der Waals surface area contributed by atoms with Crippen LogP contribution in [-0.2, 0) is 0 Å². The number of H-pyrrole nitrogens is 1. The van der Waals surface area contributed by atoms with E-state index >= 15 is 0 Å². The molecule has 1 aromatic carbocycles. The first-order valence-electron chi connectivity index (χ1n) is 5.07. The minimum absolute atomic E-state index is 0.0356. The topological polar surface area (TPSA) is 66.7 Å². The number of halogens is 2. The zero-order valence-corrected chi connectivity index (χ0v) is 10.8. The average Bonchev–Trinajstić information content (AvgIpc) is 2.79. The molecular formula is C11H12BrFN4. The maximum Gasteiger partial charge on any atom is 0.139 e. The first-order chi connectivity index (χ1) is 8.08. The lowest BCUT2D eigenvalue weighted by atomic mass is 10.1. The molecule has 1 heterocycles. The molecule has 2 aromatic rings. The maximum atomic E-state index is 13.2. The fourth-order valence-electron chi connectivity index (χ4n) is 1.50. The molecule has 0 aliphatic heterocycles. The van der Waals surface area contributed by atoms with Gasteiger partial charge in [0.2, 0.25) is 0 Å². The summed E-state index contributed by atoms with van der Waals surface area (Å²) in [4.78, 5) is 0. The molecule has 4 nitrogen and oxygen atoms in total. The highest BCUT2D eigenvalue weighted by Crippen LogP contribution is 2.29. The van der Waals surface area contributed by atoms with E-state index < -0.39 is 0 Å². The number of aromatic nitrogens is 2. The molecule has 0 amide bonds. The number of anilines is 2. The highest BCUT2D eigenvalue weighted by atomic mass is 79.9. The summed E-state index contributed by atoms with van der Waals surface area (Å²) < 4.78 is 13.6. The lowest BCUT2D eigenvalue weighted by Crippen LogP contribution is -2.08. The second-order valence-electron chi connectivity index (χ2n) is 3.75. The van der Waals surface area contributed by atoms with E-state index in [2.05, 4.69) is 31.4 Å². The lowest BCUT2D eigenvalue weighted by Gasteiger charge is -2.16. The molecular weight excluding hydrogens is 287 g/mol. The number of aromatic amines is 1. The van der Waals surface area contributed by atoms with E-state index in [-0.39, 0.29) is 11.9 Å². The van der Waals surface area contributed by atoms with Gasteiger partial charge >= 0.3 is 0 Å². The summed E-state index contributed by atoms with van der Waals surface area (Å²) in [5, 5.41) is 9.81. The molecule has 17 heavy (non-hydrogen) atoms. The van der Waals surface area contributed by atoms with E-state index in [1.54, 1.807) is 18.5 Å². The van der Waals surface area contributed by atoms with Gasteiger partial charge in [-0.3, -0.25) is 5.10 Å². The third-order valence-corrected chi connectivity index (χ3v) is 3.09. The van der Waals surface area contributed by atoms with Crippen molar-refractivity contribution in [1.82, 2.24) is 10.2 Å². The van der Waals surface area contributed by atoms with Crippen LogP contribution in [0.15, 0.2) is 29.0 Å². The van der Waals surface area contributed by atoms with Crippen LogP contribution in [0.4, 0.5) is 15.8 Å². The van der Waals surface area contributed by atoms with Crippen molar-refractivity contribution < 1.29 is 4.39 Å². The summed E-state index contributed by atoms with van der Waals surface area (Å²) in [5.41, 5.74) is 7.81. The van der Waals surface area contributed by atoms with Crippen molar-refractivity contribution in [3.05, 3.63) is 40.4 Å². The van der Waals surface area contributed by atoms with E-state index in [1.165, 1.54) is 6.07 Å². The van der Waals surface area contributed by atoms with Gasteiger partial charge in [-0.05, 0) is 28.9 Å². The predicted octanol–water partition coefficient (Wildman–Crippen LogP) is 3.07. The molecule has 0 radical (unpaired) electrons. The Morgan fingerprint density at radius 3 is 2.94 bits per heavy atom. The fraction of sp³-hybridized carbons (Fsp3) is 0.182. The van der Waals surface area contributed by atoms with Crippen molar-refractivity contribution in [2.45, 2.75) is 13.0 Å². The summed E-state index contributed by atoms with van der Waals surface area (Å²) in [7, 11) is 0. The minimum atomic E-state index is -0.371. The molecule has 0 fully saturated rings. The van der Waals surface area contributed by atoms with Crippen molar-refractivity contribution >= 4 is 27.3 Å². The molecule has 0 saturated heterocycles. The van der Waals surface area contributed by atoms with Gasteiger partial charge < -0.3 is 11.1 Å². The number of hydrogen-bond donors (Lipinski definition) is 3. The van der Waals surface area contributed by atoms with Crippen molar-refractivity contribution in [1.29, 1.82) is 0 Å². The molecule has 0 saturated carbocycles. The normalized spacial score (nSPS) is 12.4. The lowest BCUT2D eigenvalue weighted by molar-refractivity contribution is 0.622. The number of nitrogen functional groups attached to an aromatic ring is 1. The van der Waals surface area contributed by atoms with Crippen LogP contribution in [0.25, 0.3) is 0 Å². The van der Waals surface area contributed by atoms with E-state index in [4.69, 9.17) is 5.73 Å². The summed E-state index contributed by atoms with van der Waals surface area (Å²) in [6, 6.07) is 2.95. The van der Waals surface area contributed by atoms with Crippen LogP contribution in [0, 0.1) is 5.82 Å². The van der Waals surface area contributed by atoms with Gasteiger partial charge in [0.15, 0.2) is 0 Å². The van der Waals surface area contributed by atoms with Gasteiger partial charge in [-0.25, -0.2) is 4.39 Å². The van der Waals surface area contributed by atoms with Crippen LogP contribution in [0.2, 0.25) is 0 Å². The zero-order chi connectivity index (χ0) is 12.4. The number of nitrogens with one attached hydrogen (secondary N) is 2. The summed E-state index contributed by atoms with van der Waals surface area (Å²) in [6.07, 6.45) is 3.53. The highest BCUT2D eigenvalue weighted by molar-refractivity contribution is 9.10. The van der Waals surface area contributed by atoms with E-state index in [0.29, 0.717) is 15.8 Å². The van der Waals surface area contributed by atoms with Gasteiger partial charge in [0, 0.05) is 17.8 Å². The van der Waals surface area contributed by atoms with Gasteiger partial charge in [-0.2, -0.15) is 5.10 Å². The fourth-order valence-corrected chi connectivity index (χ4v) is 1.84. The highest BCUT2D eigenvalue weighted by Gasteiger charge is 2.10. The SMILES string of the molecule is CC(Nc1cc(Br)c(F)cc1N)c1cn[nH]c1. The number of benzene rings is 1. The van der Waals surface area contributed by atoms with Crippen LogP contribution in [0.3, 0.4) is 0 Å². The van der Waals surface area contributed by atoms with Crippen LogP contribution < -0.4 is 11.1 Å². The Hall–Kier alpha value is -1.56. The van der Waals surface area contributed by atoms with E-state index in [0.717, 1.165) is 5.56 Å². The van der Waals surface area contributed by atoms with Gasteiger partial charge in [0.25, 0.3) is 0 Å². The number of rotatable bonds is 3. The Labute approximate surface area is 107 Å². The Morgan fingerprint density at radius 1 is 1.53 bits per heavy atom. The summed E-state index contributed by atoms with van der Waals surface area (Å²) >= 11 is 3.13. The van der Waals surface area contributed by atoms with Crippen molar-refractivity contribution in [2.75, 3.05) is 11.1 Å². The molecule has 0 aliphatic carbocycles. The van der Waals surface area contributed by atoms with Gasteiger partial charge in [0.05, 0.1) is 28.1 Å². The molecule has 2 rings (SSSR count). The first kappa shape index (κ1) is 11.9. The Bertz CT molecular complexity index is 512. The zero-order valence-electron chi connectivity index (χ0n) is 9.17. The smallest absolute Gasteiger partial charge is 0.139 e. The molecule has 90 valence electrons. The first-order valence-corrected chi connectivity index (χ1v) is 5.87. The Kier molecular flexibility index (Phi) is 3.33. The van der Waals surface area contributed by atoms with Crippen LogP contribution >= 0.6 is 15.9 Å². The van der Waals surface area contributed by atoms with Gasteiger partial charge in [-0.1, -0.05) is 0 Å². The van der Waals surface area contributed by atoms with E-state index in [9.17, 15) is 4.39 Å². The molecule has 0 spiro atoms. The monoisotopic (exact) mass is 298 g/mol. The van der Waals surface area contributed by atoms with Gasteiger partial charge in [-0.15, -0.1) is 0 Å². The standard InChI is InChI=1S/C11H12BrFN4/c1-6(7-4-15-16-5-7)17-11-2-8(12)9(13)3-10(11)14/h2-6,17H,14H2,1H3,(H,15,16). The molecule has 0 aliphatic rings. The molecule has 0 bridgehead atoms. The second-order valence-corrected chi connectivity index (χ2v) is 4.61. The van der Waals surface area contributed by atoms with Crippen molar-refractivity contribution in [3.63, 3.8) is 0 Å². The average molecular weight is 299 g/mol. The van der Waals surface area contributed by atoms with Crippen LogP contribution in [-0.4, -0.2) is 10.2 Å². The summed E-state index contributed by atoms with van der Waals surface area (Å²) in [5.74, 6) is -0.371. The second kappa shape index (κ2) is 4.75. The third-order valence-electron chi connectivity index (χ3n) is 2.48. The predicted molar refractivity (Wildman–Crippen MR) is 69.1 cm³/mol. The number of hydrogen-bond acceptors (Lipinski definition) is 3. The quantitative estimate of drug-likeness (QED) is 0.763. The van der Waals surface area contributed by atoms with Crippen LogP contribution in [0.1, 0.15) is 18.5 Å². The van der Waals surface area contributed by atoms with Crippen LogP contribution in [0.5, 0.6) is 0 Å². The van der Waals surface area contributed by atoms with E-state index in [1.807, 2.05) is 6.92 Å². The molecule has 6 heteroatoms. The molecule has 1 unspecified atom stereocenters. The number of nitrogens with zero attached hydrogens (tertiary/aromatic N) is 1. The maximum absolute atomic E-state index is 13.2. The largest absolute Gasteiger partial charge is 0.397 e. The Balaban J connectivity index is 2.22. The van der Waals surface area contributed by atoms with Crippen molar-refractivity contribution in [3.8, 4) is 0 Å². The third kappa shape index (κ3) is 2.58. The molecule has 1 atom stereocenters. The molecule has 1 aromatic heterocycles. The van der Waals surface area contributed by atoms with Gasteiger partial charge in [0.1, 0.15) is 5.82 Å². The molecule has 4 N–H and O–H groups in total. The summed E-state index contributed by atoms with van der Waals surface area (Å²) in [6.45, 7) is 1.97. The Morgan fingerprint density at radius 2 is 2.29 bits per heavy atom. The number of nitrogens with two attached hydrogens (primary N) is 1.